The summed E-state index contributed by atoms with van der Waals surface area (Å²) >= 11 is 5.15. The Hall–Kier alpha value is -0.980. The average molecular weight is 339 g/mol. The van der Waals surface area contributed by atoms with E-state index in [0.29, 0.717) is 0 Å². The second-order valence-electron chi connectivity index (χ2n) is 4.72. The maximum absolute atomic E-state index is 5.99. The Morgan fingerprint density at radius 3 is 2.74 bits per heavy atom. The normalized spacial score (nSPS) is 19.7. The number of halogens is 1. The van der Waals surface area contributed by atoms with Crippen LogP contribution in [-0.2, 0) is 0 Å². The molecule has 3 rings (SSSR count). The van der Waals surface area contributed by atoms with E-state index in [0.717, 1.165) is 41.2 Å². The fourth-order valence-electron chi connectivity index (χ4n) is 2.27. The van der Waals surface area contributed by atoms with Gasteiger partial charge in [-0.25, -0.2) is 9.97 Å². The van der Waals surface area contributed by atoms with E-state index in [2.05, 4.69) is 36.9 Å². The van der Waals surface area contributed by atoms with Gasteiger partial charge >= 0.3 is 0 Å². The number of hydrogen-bond acceptors (Lipinski definition) is 5. The predicted octanol–water partition coefficient (Wildman–Crippen LogP) is 2.90. The van der Waals surface area contributed by atoms with Crippen LogP contribution in [0.3, 0.4) is 0 Å². The van der Waals surface area contributed by atoms with Crippen molar-refractivity contribution in [3.05, 3.63) is 28.3 Å². The van der Waals surface area contributed by atoms with Crippen molar-refractivity contribution in [2.75, 3.05) is 18.0 Å². The van der Waals surface area contributed by atoms with Crippen molar-refractivity contribution in [1.82, 2.24) is 9.97 Å². The summed E-state index contributed by atoms with van der Waals surface area (Å²) in [6, 6.07) is 4.35. The lowest BCUT2D eigenvalue weighted by atomic mass is 10.1. The first-order chi connectivity index (χ1) is 9.22. The summed E-state index contributed by atoms with van der Waals surface area (Å²) in [4.78, 5) is 12.3. The molecule has 0 saturated carbocycles. The highest BCUT2D eigenvalue weighted by atomic mass is 79.9. The highest BCUT2D eigenvalue weighted by molar-refractivity contribution is 9.11. The topological polar surface area (TPSA) is 55.0 Å². The molecule has 0 radical (unpaired) electrons. The quantitative estimate of drug-likeness (QED) is 0.914. The van der Waals surface area contributed by atoms with Crippen LogP contribution >= 0.6 is 27.3 Å². The third-order valence-electron chi connectivity index (χ3n) is 3.24. The minimum absolute atomic E-state index is 0.241. The van der Waals surface area contributed by atoms with Gasteiger partial charge in [-0.1, -0.05) is 0 Å². The van der Waals surface area contributed by atoms with Crippen molar-refractivity contribution in [1.29, 1.82) is 0 Å². The first-order valence-corrected chi connectivity index (χ1v) is 7.91. The van der Waals surface area contributed by atoms with Gasteiger partial charge in [-0.3, -0.25) is 0 Å². The maximum Gasteiger partial charge on any atom is 0.225 e. The molecule has 1 atom stereocenters. The Balaban J connectivity index is 1.78. The lowest BCUT2D eigenvalue weighted by molar-refractivity contribution is 0.500. The van der Waals surface area contributed by atoms with Crippen LogP contribution in [0.4, 0.5) is 5.95 Å². The third kappa shape index (κ3) is 2.96. The van der Waals surface area contributed by atoms with E-state index < -0.39 is 0 Å². The molecule has 2 aromatic rings. The zero-order chi connectivity index (χ0) is 13.2. The predicted molar refractivity (Wildman–Crippen MR) is 82.5 cm³/mol. The van der Waals surface area contributed by atoms with E-state index in [1.165, 1.54) is 4.88 Å². The molecule has 2 N–H and O–H groups in total. The first-order valence-electron chi connectivity index (χ1n) is 6.30. The van der Waals surface area contributed by atoms with Gasteiger partial charge in [-0.05, 0) is 40.9 Å². The molecule has 0 aromatic carbocycles. The minimum atomic E-state index is 0.241. The summed E-state index contributed by atoms with van der Waals surface area (Å²) in [7, 11) is 0. The number of nitrogens with zero attached hydrogens (tertiary/aromatic N) is 3. The van der Waals surface area contributed by atoms with E-state index in [1.807, 2.05) is 18.5 Å². The second-order valence-corrected chi connectivity index (χ2v) is 7.19. The molecule has 3 heterocycles. The Morgan fingerprint density at radius 1 is 1.32 bits per heavy atom. The molecule has 100 valence electrons. The van der Waals surface area contributed by atoms with Crippen molar-refractivity contribution in [2.45, 2.75) is 18.9 Å². The van der Waals surface area contributed by atoms with Gasteiger partial charge in [0.25, 0.3) is 0 Å². The van der Waals surface area contributed by atoms with Crippen molar-refractivity contribution < 1.29 is 0 Å². The van der Waals surface area contributed by atoms with E-state index >= 15 is 0 Å². The largest absolute Gasteiger partial charge is 0.339 e. The molecule has 1 fully saturated rings. The lowest BCUT2D eigenvalue weighted by Gasteiger charge is -2.30. The van der Waals surface area contributed by atoms with Gasteiger partial charge in [0.1, 0.15) is 0 Å². The number of piperidine rings is 1. The Kier molecular flexibility index (Phi) is 3.81. The van der Waals surface area contributed by atoms with Gasteiger partial charge in [-0.15, -0.1) is 11.3 Å². The molecule has 0 spiro atoms. The molecule has 6 heteroatoms. The molecule has 0 amide bonds. The molecular weight excluding hydrogens is 324 g/mol. The molecule has 0 bridgehead atoms. The number of nitrogens with two attached hydrogens (primary N) is 1. The molecule has 1 aliphatic heterocycles. The number of aromatic nitrogens is 2. The molecule has 2 aromatic heterocycles. The van der Waals surface area contributed by atoms with Crippen molar-refractivity contribution in [3.63, 3.8) is 0 Å². The fraction of sp³-hybridized carbons (Fsp3) is 0.385. The molecule has 1 saturated heterocycles. The highest BCUT2D eigenvalue weighted by Gasteiger charge is 2.18. The summed E-state index contributed by atoms with van der Waals surface area (Å²) in [6.07, 6.45) is 5.99. The summed E-state index contributed by atoms with van der Waals surface area (Å²) in [5.74, 6) is 0.787. The Labute approximate surface area is 124 Å². The van der Waals surface area contributed by atoms with Crippen LogP contribution in [-0.4, -0.2) is 29.1 Å². The van der Waals surface area contributed by atoms with Crippen LogP contribution in [0.25, 0.3) is 10.4 Å². The summed E-state index contributed by atoms with van der Waals surface area (Å²) in [5, 5.41) is 0. The molecule has 0 aliphatic carbocycles. The zero-order valence-corrected chi connectivity index (χ0v) is 12.8. The standard InChI is InChI=1S/C13H15BrN4S/c14-12-4-3-11(19-12)9-6-16-13(17-7-9)18-5-1-2-10(15)8-18/h3-4,6-7,10H,1-2,5,8,15H2. The van der Waals surface area contributed by atoms with Gasteiger partial charge in [0.2, 0.25) is 5.95 Å². The van der Waals surface area contributed by atoms with Gasteiger partial charge in [0, 0.05) is 42.0 Å². The average Bonchev–Trinajstić information content (AvgIpc) is 2.86. The molecule has 19 heavy (non-hydrogen) atoms. The number of hydrogen-bond donors (Lipinski definition) is 1. The number of anilines is 1. The first kappa shape index (κ1) is 13.0. The van der Waals surface area contributed by atoms with Crippen molar-refractivity contribution >= 4 is 33.2 Å². The van der Waals surface area contributed by atoms with Gasteiger partial charge in [0.05, 0.1) is 3.79 Å². The van der Waals surface area contributed by atoms with Gasteiger partial charge in [-0.2, -0.15) is 0 Å². The van der Waals surface area contributed by atoms with E-state index in [9.17, 15) is 0 Å². The van der Waals surface area contributed by atoms with Gasteiger partial charge in [0.15, 0.2) is 0 Å². The van der Waals surface area contributed by atoms with Gasteiger partial charge < -0.3 is 10.6 Å². The highest BCUT2D eigenvalue weighted by Crippen LogP contribution is 2.30. The summed E-state index contributed by atoms with van der Waals surface area (Å²) in [6.45, 7) is 1.85. The van der Waals surface area contributed by atoms with Crippen LogP contribution in [0.15, 0.2) is 28.3 Å². The lowest BCUT2D eigenvalue weighted by Crippen LogP contribution is -2.43. The number of thiophene rings is 1. The Bertz CT molecular complexity index is 554. The maximum atomic E-state index is 5.99. The van der Waals surface area contributed by atoms with E-state index in [1.54, 1.807) is 11.3 Å². The van der Waals surface area contributed by atoms with Crippen LogP contribution in [0, 0.1) is 0 Å². The van der Waals surface area contributed by atoms with Crippen LogP contribution < -0.4 is 10.6 Å². The van der Waals surface area contributed by atoms with Crippen LogP contribution in [0.1, 0.15) is 12.8 Å². The SMILES string of the molecule is NC1CCCN(c2ncc(-c3ccc(Br)s3)cn2)C1. The monoisotopic (exact) mass is 338 g/mol. The molecule has 1 aliphatic rings. The minimum Gasteiger partial charge on any atom is -0.339 e. The van der Waals surface area contributed by atoms with Crippen molar-refractivity contribution in [3.8, 4) is 10.4 Å². The number of rotatable bonds is 2. The second kappa shape index (κ2) is 5.56. The van der Waals surface area contributed by atoms with E-state index in [-0.39, 0.29) is 6.04 Å². The van der Waals surface area contributed by atoms with E-state index in [4.69, 9.17) is 5.73 Å². The molecular formula is C13H15BrN4S. The molecule has 4 nitrogen and oxygen atoms in total. The zero-order valence-electron chi connectivity index (χ0n) is 10.4. The summed E-state index contributed by atoms with van der Waals surface area (Å²) in [5.41, 5.74) is 7.04. The fourth-order valence-corrected chi connectivity index (χ4v) is 3.63. The smallest absolute Gasteiger partial charge is 0.225 e. The van der Waals surface area contributed by atoms with Crippen molar-refractivity contribution in [2.24, 2.45) is 5.73 Å². The van der Waals surface area contributed by atoms with Crippen LogP contribution in [0.2, 0.25) is 0 Å². The summed E-state index contributed by atoms with van der Waals surface area (Å²) < 4.78 is 1.12. The third-order valence-corrected chi connectivity index (χ3v) is 4.91. The molecule has 1 unspecified atom stereocenters. The Morgan fingerprint density at radius 2 is 2.11 bits per heavy atom. The van der Waals surface area contributed by atoms with Crippen LogP contribution in [0.5, 0.6) is 0 Å².